The molecule has 0 fully saturated rings. The van der Waals surface area contributed by atoms with Crippen LogP contribution in [-0.2, 0) is 6.42 Å². The third-order valence-corrected chi connectivity index (χ3v) is 5.17. The molecule has 0 unspecified atom stereocenters. The first-order chi connectivity index (χ1) is 10.0. The zero-order valence-corrected chi connectivity index (χ0v) is 13.1. The second kappa shape index (κ2) is 5.66. The summed E-state index contributed by atoms with van der Waals surface area (Å²) in [6.07, 6.45) is 0.105. The van der Waals surface area contributed by atoms with Crippen molar-refractivity contribution < 1.29 is 13.6 Å². The Labute approximate surface area is 132 Å². The molecule has 0 amide bonds. The van der Waals surface area contributed by atoms with E-state index in [9.17, 15) is 13.6 Å². The standard InChI is InChI=1S/C16H9BrF2OS/c17-16-10(2-1-3-12(16)19)6-13(20)15-7-9-4-5-11(18)8-14(9)21-15/h1-5,7-8H,6H2. The zero-order chi connectivity index (χ0) is 15.0. The molecule has 0 saturated heterocycles. The fourth-order valence-corrected chi connectivity index (χ4v) is 3.52. The van der Waals surface area contributed by atoms with Crippen molar-refractivity contribution in [3.05, 3.63) is 69.0 Å². The lowest BCUT2D eigenvalue weighted by Gasteiger charge is -2.03. The van der Waals surface area contributed by atoms with Crippen molar-refractivity contribution >= 4 is 43.1 Å². The molecular weight excluding hydrogens is 358 g/mol. The molecule has 21 heavy (non-hydrogen) atoms. The zero-order valence-electron chi connectivity index (χ0n) is 10.7. The van der Waals surface area contributed by atoms with Gasteiger partial charge in [-0.05, 0) is 51.1 Å². The minimum Gasteiger partial charge on any atom is -0.293 e. The van der Waals surface area contributed by atoms with E-state index in [1.54, 1.807) is 24.3 Å². The topological polar surface area (TPSA) is 17.1 Å². The average Bonchev–Trinajstić information content (AvgIpc) is 2.87. The second-order valence-electron chi connectivity index (χ2n) is 4.61. The molecule has 0 N–H and O–H groups in total. The van der Waals surface area contributed by atoms with Crippen LogP contribution in [0.4, 0.5) is 8.78 Å². The van der Waals surface area contributed by atoms with Gasteiger partial charge >= 0.3 is 0 Å². The Hall–Kier alpha value is -1.59. The molecule has 2 aromatic carbocycles. The van der Waals surface area contributed by atoms with Gasteiger partial charge in [0.25, 0.3) is 0 Å². The average molecular weight is 367 g/mol. The lowest BCUT2D eigenvalue weighted by molar-refractivity contribution is 0.0996. The summed E-state index contributed by atoms with van der Waals surface area (Å²) in [7, 11) is 0. The molecular formula is C16H9BrF2OS. The first-order valence-electron chi connectivity index (χ1n) is 6.20. The fraction of sp³-hybridized carbons (Fsp3) is 0.0625. The predicted molar refractivity (Wildman–Crippen MR) is 83.9 cm³/mol. The quantitative estimate of drug-likeness (QED) is 0.569. The molecule has 0 radical (unpaired) electrons. The van der Waals surface area contributed by atoms with E-state index >= 15 is 0 Å². The van der Waals surface area contributed by atoms with Gasteiger partial charge in [-0.15, -0.1) is 11.3 Å². The third-order valence-electron chi connectivity index (χ3n) is 3.14. The van der Waals surface area contributed by atoms with Crippen LogP contribution in [0.25, 0.3) is 10.1 Å². The number of carbonyl (C=O) groups is 1. The molecule has 0 bridgehead atoms. The van der Waals surface area contributed by atoms with Gasteiger partial charge < -0.3 is 0 Å². The van der Waals surface area contributed by atoms with Gasteiger partial charge in [-0.1, -0.05) is 18.2 Å². The predicted octanol–water partition coefficient (Wildman–Crippen LogP) is 5.37. The van der Waals surface area contributed by atoms with Crippen molar-refractivity contribution in [3.8, 4) is 0 Å². The Bertz CT molecular complexity index is 841. The van der Waals surface area contributed by atoms with Gasteiger partial charge in [0.15, 0.2) is 5.78 Å². The minimum atomic E-state index is -0.390. The van der Waals surface area contributed by atoms with Gasteiger partial charge in [0.1, 0.15) is 11.6 Å². The highest BCUT2D eigenvalue weighted by Gasteiger charge is 2.14. The van der Waals surface area contributed by atoms with Crippen LogP contribution in [0.2, 0.25) is 0 Å². The van der Waals surface area contributed by atoms with E-state index < -0.39 is 5.82 Å². The Kier molecular flexibility index (Phi) is 3.87. The van der Waals surface area contributed by atoms with Crippen LogP contribution < -0.4 is 0 Å². The lowest BCUT2D eigenvalue weighted by Crippen LogP contribution is -2.02. The van der Waals surface area contributed by atoms with Gasteiger partial charge in [0.05, 0.1) is 9.35 Å². The minimum absolute atomic E-state index is 0.105. The van der Waals surface area contributed by atoms with Crippen molar-refractivity contribution in [1.82, 2.24) is 0 Å². The maximum atomic E-state index is 13.4. The van der Waals surface area contributed by atoms with Crippen molar-refractivity contribution in [3.63, 3.8) is 0 Å². The SMILES string of the molecule is O=C(Cc1cccc(F)c1Br)c1cc2ccc(F)cc2s1. The second-order valence-corrected chi connectivity index (χ2v) is 6.48. The number of halogens is 3. The Morgan fingerprint density at radius 3 is 2.76 bits per heavy atom. The van der Waals surface area contributed by atoms with E-state index in [4.69, 9.17) is 0 Å². The summed E-state index contributed by atoms with van der Waals surface area (Å²) in [6, 6.07) is 10.8. The van der Waals surface area contributed by atoms with Crippen LogP contribution >= 0.6 is 27.3 Å². The molecule has 0 aliphatic heterocycles. The molecule has 3 aromatic rings. The highest BCUT2D eigenvalue weighted by Crippen LogP contribution is 2.28. The number of ketones is 1. The molecule has 1 nitrogen and oxygen atoms in total. The first-order valence-corrected chi connectivity index (χ1v) is 7.81. The molecule has 1 aromatic heterocycles. The Morgan fingerprint density at radius 1 is 1.14 bits per heavy atom. The summed E-state index contributed by atoms with van der Waals surface area (Å²) < 4.78 is 27.7. The van der Waals surface area contributed by atoms with E-state index in [1.165, 1.54) is 29.5 Å². The number of fused-ring (bicyclic) bond motifs is 1. The van der Waals surface area contributed by atoms with Gasteiger partial charge in [0, 0.05) is 11.1 Å². The highest BCUT2D eigenvalue weighted by molar-refractivity contribution is 9.10. The summed E-state index contributed by atoms with van der Waals surface area (Å²) in [5.41, 5.74) is 0.601. The smallest absolute Gasteiger partial charge is 0.177 e. The van der Waals surface area contributed by atoms with Crippen molar-refractivity contribution in [1.29, 1.82) is 0 Å². The summed E-state index contributed by atoms with van der Waals surface area (Å²) in [4.78, 5) is 12.9. The maximum absolute atomic E-state index is 13.4. The Morgan fingerprint density at radius 2 is 1.95 bits per heavy atom. The largest absolute Gasteiger partial charge is 0.293 e. The van der Waals surface area contributed by atoms with Crippen LogP contribution in [0.1, 0.15) is 15.2 Å². The van der Waals surface area contributed by atoms with Gasteiger partial charge in [-0.25, -0.2) is 8.78 Å². The van der Waals surface area contributed by atoms with Crippen LogP contribution in [0, 0.1) is 11.6 Å². The lowest BCUT2D eigenvalue weighted by atomic mass is 10.1. The van der Waals surface area contributed by atoms with Gasteiger partial charge in [-0.2, -0.15) is 0 Å². The Balaban J connectivity index is 1.91. The first kappa shape index (κ1) is 14.4. The number of thiophene rings is 1. The van der Waals surface area contributed by atoms with E-state index in [0.29, 0.717) is 14.9 Å². The number of benzene rings is 2. The molecule has 0 aliphatic carbocycles. The number of Topliss-reactive ketones (excluding diaryl/α,β-unsaturated/α-hetero) is 1. The molecule has 0 aliphatic rings. The number of carbonyl (C=O) groups excluding carboxylic acids is 1. The molecule has 1 heterocycles. The highest BCUT2D eigenvalue weighted by atomic mass is 79.9. The number of rotatable bonds is 3. The van der Waals surface area contributed by atoms with Gasteiger partial charge in [0.2, 0.25) is 0 Å². The van der Waals surface area contributed by atoms with Crippen LogP contribution in [-0.4, -0.2) is 5.78 Å². The van der Waals surface area contributed by atoms with Crippen molar-refractivity contribution in [2.75, 3.05) is 0 Å². The molecule has 3 rings (SSSR count). The molecule has 0 saturated carbocycles. The summed E-state index contributed by atoms with van der Waals surface area (Å²) >= 11 is 4.40. The molecule has 0 spiro atoms. The van der Waals surface area contributed by atoms with E-state index in [2.05, 4.69) is 15.9 Å². The molecule has 5 heteroatoms. The van der Waals surface area contributed by atoms with Crippen LogP contribution in [0.5, 0.6) is 0 Å². The fourth-order valence-electron chi connectivity index (χ4n) is 2.09. The van der Waals surface area contributed by atoms with Crippen LogP contribution in [0.3, 0.4) is 0 Å². The maximum Gasteiger partial charge on any atom is 0.177 e. The van der Waals surface area contributed by atoms with Gasteiger partial charge in [-0.3, -0.25) is 4.79 Å². The molecule has 0 atom stereocenters. The van der Waals surface area contributed by atoms with E-state index in [0.717, 1.165) is 10.1 Å². The van der Waals surface area contributed by atoms with Crippen LogP contribution in [0.15, 0.2) is 46.9 Å². The van der Waals surface area contributed by atoms with E-state index in [-0.39, 0.29) is 18.0 Å². The number of hydrogen-bond donors (Lipinski definition) is 0. The van der Waals surface area contributed by atoms with E-state index in [1.807, 2.05) is 0 Å². The summed E-state index contributed by atoms with van der Waals surface area (Å²) in [5, 5.41) is 0.836. The normalized spacial score (nSPS) is 11.0. The third kappa shape index (κ3) is 2.89. The number of hydrogen-bond acceptors (Lipinski definition) is 2. The van der Waals surface area contributed by atoms with Crippen molar-refractivity contribution in [2.45, 2.75) is 6.42 Å². The molecule has 106 valence electrons. The summed E-state index contributed by atoms with van der Waals surface area (Å²) in [6.45, 7) is 0. The monoisotopic (exact) mass is 366 g/mol. The van der Waals surface area contributed by atoms with Crippen molar-refractivity contribution in [2.24, 2.45) is 0 Å². The summed E-state index contributed by atoms with van der Waals surface area (Å²) in [5.74, 6) is -0.821.